The molecule has 17 heavy (non-hydrogen) atoms. The molecule has 0 spiro atoms. The maximum Gasteiger partial charge on any atom is -0.000667 e. The van der Waals surface area contributed by atoms with E-state index in [0.29, 0.717) is 5.41 Å². The second-order valence-corrected chi connectivity index (χ2v) is 6.06. The molecule has 3 nitrogen and oxygen atoms in total. The Balaban J connectivity index is 3.68. The van der Waals surface area contributed by atoms with E-state index in [0.717, 1.165) is 13.1 Å². The third-order valence-electron chi connectivity index (χ3n) is 3.41. The predicted molar refractivity (Wildman–Crippen MR) is 77.4 cm³/mol. The average Bonchev–Trinajstić information content (AvgIpc) is 2.26. The lowest BCUT2D eigenvalue weighted by molar-refractivity contribution is 0.240. The van der Waals surface area contributed by atoms with Gasteiger partial charge in [-0.15, -0.1) is 0 Å². The second-order valence-electron chi connectivity index (χ2n) is 6.06. The van der Waals surface area contributed by atoms with Gasteiger partial charge < -0.3 is 15.5 Å². The van der Waals surface area contributed by atoms with Gasteiger partial charge in [-0.25, -0.2) is 0 Å². The fraction of sp³-hybridized carbons (Fsp3) is 1.00. The molecule has 0 fully saturated rings. The summed E-state index contributed by atoms with van der Waals surface area (Å²) in [5.41, 5.74) is 6.06. The van der Waals surface area contributed by atoms with Crippen molar-refractivity contribution < 1.29 is 0 Å². The van der Waals surface area contributed by atoms with E-state index in [9.17, 15) is 0 Å². The topological polar surface area (TPSA) is 32.5 Å². The van der Waals surface area contributed by atoms with Crippen LogP contribution < -0.4 is 5.73 Å². The molecule has 104 valence electrons. The number of hydrogen-bond donors (Lipinski definition) is 1. The SMILES string of the molecule is CCN(CCCN(C)C)CCCC(C)(C)CN. The van der Waals surface area contributed by atoms with E-state index in [1.165, 1.54) is 38.9 Å². The van der Waals surface area contributed by atoms with Gasteiger partial charge in [-0.3, -0.25) is 0 Å². The fourth-order valence-corrected chi connectivity index (χ4v) is 1.92. The van der Waals surface area contributed by atoms with Crippen LogP contribution in [0.15, 0.2) is 0 Å². The highest BCUT2D eigenvalue weighted by molar-refractivity contribution is 4.70. The Labute approximate surface area is 108 Å². The molecule has 0 aliphatic heterocycles. The van der Waals surface area contributed by atoms with Crippen molar-refractivity contribution in [3.05, 3.63) is 0 Å². The fourth-order valence-electron chi connectivity index (χ4n) is 1.92. The van der Waals surface area contributed by atoms with Gasteiger partial charge in [0.2, 0.25) is 0 Å². The van der Waals surface area contributed by atoms with E-state index in [2.05, 4.69) is 44.7 Å². The summed E-state index contributed by atoms with van der Waals surface area (Å²) in [7, 11) is 4.28. The van der Waals surface area contributed by atoms with Crippen LogP contribution in [0.1, 0.15) is 40.0 Å². The van der Waals surface area contributed by atoms with Crippen LogP contribution in [0.5, 0.6) is 0 Å². The molecule has 0 aliphatic rings. The Morgan fingerprint density at radius 3 is 2.06 bits per heavy atom. The van der Waals surface area contributed by atoms with Crippen LogP contribution in [-0.4, -0.2) is 56.6 Å². The third kappa shape index (κ3) is 9.57. The lowest BCUT2D eigenvalue weighted by Gasteiger charge is -2.25. The molecule has 0 atom stereocenters. The van der Waals surface area contributed by atoms with E-state index >= 15 is 0 Å². The Morgan fingerprint density at radius 1 is 1.00 bits per heavy atom. The lowest BCUT2D eigenvalue weighted by Crippen LogP contribution is -2.30. The van der Waals surface area contributed by atoms with Crippen molar-refractivity contribution in [2.45, 2.75) is 40.0 Å². The summed E-state index contributed by atoms with van der Waals surface area (Å²) in [4.78, 5) is 4.81. The zero-order chi connectivity index (χ0) is 13.3. The van der Waals surface area contributed by atoms with Gasteiger partial charge in [-0.2, -0.15) is 0 Å². The van der Waals surface area contributed by atoms with Crippen LogP contribution in [0.2, 0.25) is 0 Å². The minimum atomic E-state index is 0.309. The standard InChI is InChI=1S/C14H33N3/c1-6-17(12-8-10-16(4)5)11-7-9-14(2,3)13-15/h6-13,15H2,1-5H3. The highest BCUT2D eigenvalue weighted by Crippen LogP contribution is 2.20. The molecule has 0 heterocycles. The van der Waals surface area contributed by atoms with Crippen LogP contribution in [-0.2, 0) is 0 Å². The van der Waals surface area contributed by atoms with Crippen molar-refractivity contribution in [2.75, 3.05) is 46.8 Å². The summed E-state index contributed by atoms with van der Waals surface area (Å²) in [6.07, 6.45) is 3.76. The average molecular weight is 243 g/mol. The molecule has 0 radical (unpaired) electrons. The van der Waals surface area contributed by atoms with Crippen molar-refractivity contribution >= 4 is 0 Å². The molecule has 0 aromatic rings. The summed E-state index contributed by atoms with van der Waals surface area (Å²) in [5.74, 6) is 0. The Hall–Kier alpha value is -0.120. The van der Waals surface area contributed by atoms with Crippen molar-refractivity contribution in [1.82, 2.24) is 9.80 Å². The van der Waals surface area contributed by atoms with E-state index in [-0.39, 0.29) is 0 Å². The molecule has 0 bridgehead atoms. The van der Waals surface area contributed by atoms with Crippen molar-refractivity contribution in [1.29, 1.82) is 0 Å². The predicted octanol–water partition coefficient (Wildman–Crippen LogP) is 2.03. The molecule has 0 rings (SSSR count). The largest absolute Gasteiger partial charge is 0.330 e. The molecule has 0 aliphatic carbocycles. The summed E-state index contributed by atoms with van der Waals surface area (Å²) >= 11 is 0. The van der Waals surface area contributed by atoms with Gasteiger partial charge in [0.1, 0.15) is 0 Å². The van der Waals surface area contributed by atoms with Crippen molar-refractivity contribution in [3.8, 4) is 0 Å². The summed E-state index contributed by atoms with van der Waals surface area (Å²) in [5, 5.41) is 0. The maximum absolute atomic E-state index is 5.75. The monoisotopic (exact) mass is 243 g/mol. The highest BCUT2D eigenvalue weighted by atomic mass is 15.1. The van der Waals surface area contributed by atoms with Gasteiger partial charge in [-0.05, 0) is 71.5 Å². The van der Waals surface area contributed by atoms with Crippen LogP contribution in [0.4, 0.5) is 0 Å². The quantitative estimate of drug-likeness (QED) is 0.637. The van der Waals surface area contributed by atoms with Crippen LogP contribution in [0.25, 0.3) is 0 Å². The minimum Gasteiger partial charge on any atom is -0.330 e. The molecule has 0 amide bonds. The summed E-state index contributed by atoms with van der Waals surface area (Å²) in [6, 6.07) is 0. The third-order valence-corrected chi connectivity index (χ3v) is 3.41. The summed E-state index contributed by atoms with van der Waals surface area (Å²) < 4.78 is 0. The zero-order valence-electron chi connectivity index (χ0n) is 12.6. The molecular weight excluding hydrogens is 210 g/mol. The first-order chi connectivity index (χ1) is 7.91. The van der Waals surface area contributed by atoms with E-state index in [1.807, 2.05) is 0 Å². The molecule has 0 aromatic heterocycles. The number of rotatable bonds is 10. The first-order valence-electron chi connectivity index (χ1n) is 6.98. The molecule has 0 aromatic carbocycles. The van der Waals surface area contributed by atoms with Crippen LogP contribution in [0, 0.1) is 5.41 Å². The number of nitrogens with two attached hydrogens (primary N) is 1. The van der Waals surface area contributed by atoms with Crippen LogP contribution in [0.3, 0.4) is 0 Å². The van der Waals surface area contributed by atoms with Gasteiger partial charge in [-0.1, -0.05) is 20.8 Å². The molecule has 0 saturated heterocycles. The molecule has 0 unspecified atom stereocenters. The molecule has 0 saturated carbocycles. The molecule has 3 heteroatoms. The van der Waals surface area contributed by atoms with E-state index in [1.54, 1.807) is 0 Å². The second kappa shape index (κ2) is 8.90. The number of hydrogen-bond acceptors (Lipinski definition) is 3. The summed E-state index contributed by atoms with van der Waals surface area (Å²) in [6.45, 7) is 12.3. The van der Waals surface area contributed by atoms with E-state index in [4.69, 9.17) is 5.73 Å². The lowest BCUT2D eigenvalue weighted by atomic mass is 9.88. The highest BCUT2D eigenvalue weighted by Gasteiger charge is 2.15. The van der Waals surface area contributed by atoms with Crippen LogP contribution >= 0.6 is 0 Å². The first kappa shape index (κ1) is 16.9. The smallest absolute Gasteiger partial charge is 0.000667 e. The molecule has 2 N–H and O–H groups in total. The first-order valence-corrected chi connectivity index (χ1v) is 6.98. The van der Waals surface area contributed by atoms with Gasteiger partial charge >= 0.3 is 0 Å². The van der Waals surface area contributed by atoms with Gasteiger partial charge in [0.15, 0.2) is 0 Å². The van der Waals surface area contributed by atoms with Gasteiger partial charge in [0, 0.05) is 0 Å². The normalized spacial score (nSPS) is 12.7. The van der Waals surface area contributed by atoms with Gasteiger partial charge in [0.25, 0.3) is 0 Å². The van der Waals surface area contributed by atoms with Gasteiger partial charge in [0.05, 0.1) is 0 Å². The van der Waals surface area contributed by atoms with Crippen molar-refractivity contribution in [2.24, 2.45) is 11.1 Å². The minimum absolute atomic E-state index is 0.309. The zero-order valence-corrected chi connectivity index (χ0v) is 12.6. The Morgan fingerprint density at radius 2 is 1.59 bits per heavy atom. The Bertz CT molecular complexity index is 178. The van der Waals surface area contributed by atoms with E-state index < -0.39 is 0 Å². The van der Waals surface area contributed by atoms with Crippen molar-refractivity contribution in [3.63, 3.8) is 0 Å². The molecular formula is C14H33N3. The number of nitrogens with zero attached hydrogens (tertiary/aromatic N) is 2. The Kier molecular flexibility index (Phi) is 8.83. The maximum atomic E-state index is 5.75.